The highest BCUT2D eigenvalue weighted by molar-refractivity contribution is 5.76. The summed E-state index contributed by atoms with van der Waals surface area (Å²) in [6.07, 6.45) is 11.0. The summed E-state index contributed by atoms with van der Waals surface area (Å²) in [6, 6.07) is 5.94. The smallest absolute Gasteiger partial charge is 0.212 e. The van der Waals surface area contributed by atoms with Crippen LogP contribution in [0.15, 0.2) is 35.5 Å². The molecule has 2 rings (SSSR count). The number of aryl methyl sites for hydroxylation is 3. The Hall–Kier alpha value is -2.96. The predicted molar refractivity (Wildman–Crippen MR) is 128 cm³/mol. The van der Waals surface area contributed by atoms with Gasteiger partial charge in [-0.3, -0.25) is 0 Å². The van der Waals surface area contributed by atoms with E-state index in [9.17, 15) is 0 Å². The summed E-state index contributed by atoms with van der Waals surface area (Å²) >= 11 is 0. The number of unbranched alkanes of at least 4 members (excludes halogenated alkanes) is 4. The third-order valence-electron chi connectivity index (χ3n) is 4.95. The van der Waals surface area contributed by atoms with Crippen LogP contribution in [0.25, 0.3) is 0 Å². The average Bonchev–Trinajstić information content (AvgIpc) is 3.12. The Morgan fingerprint density at radius 2 is 1.59 bits per heavy atom. The van der Waals surface area contributed by atoms with Gasteiger partial charge in [0.1, 0.15) is 30.9 Å². The fourth-order valence-electron chi connectivity index (χ4n) is 3.32. The van der Waals surface area contributed by atoms with E-state index in [1.165, 1.54) is 13.5 Å². The highest BCUT2D eigenvalue weighted by Gasteiger charge is 2.07. The fourth-order valence-corrected chi connectivity index (χ4v) is 3.32. The van der Waals surface area contributed by atoms with Gasteiger partial charge in [-0.15, -0.1) is 0 Å². The lowest BCUT2D eigenvalue weighted by molar-refractivity contribution is 0.215. The number of benzene rings is 1. The van der Waals surface area contributed by atoms with Crippen molar-refractivity contribution >= 4 is 6.21 Å². The first kappa shape index (κ1) is 25.3. The minimum atomic E-state index is 0.590. The van der Waals surface area contributed by atoms with Gasteiger partial charge in [0.25, 0.3) is 0 Å². The molecule has 0 aliphatic carbocycles. The van der Waals surface area contributed by atoms with Crippen molar-refractivity contribution in [2.75, 3.05) is 26.9 Å². The lowest BCUT2D eigenvalue weighted by Gasteiger charge is -2.14. The van der Waals surface area contributed by atoms with Crippen molar-refractivity contribution in [1.82, 2.24) is 9.78 Å². The minimum Gasteiger partial charge on any atom is -0.493 e. The number of aromatic nitrogens is 2. The molecule has 0 unspecified atom stereocenters. The number of oxime groups is 1. The highest BCUT2D eigenvalue weighted by atomic mass is 16.6. The fraction of sp³-hybridized carbons (Fsp3) is 0.520. The van der Waals surface area contributed by atoms with Crippen LogP contribution in [-0.2, 0) is 11.9 Å². The molecule has 1 heterocycles. The van der Waals surface area contributed by atoms with E-state index in [2.05, 4.69) is 28.9 Å². The topological polar surface area (TPSA) is 67.1 Å². The zero-order chi connectivity index (χ0) is 23.2. The Kier molecular flexibility index (Phi) is 11.2. The molecule has 0 aliphatic heterocycles. The van der Waals surface area contributed by atoms with Gasteiger partial charge in [0.05, 0.1) is 19.4 Å². The van der Waals surface area contributed by atoms with Crippen molar-refractivity contribution in [2.45, 2.75) is 52.9 Å². The maximum absolute atomic E-state index is 6.05. The van der Waals surface area contributed by atoms with Gasteiger partial charge >= 0.3 is 0 Å². The molecule has 0 fully saturated rings. The first-order valence-corrected chi connectivity index (χ1v) is 11.3. The summed E-state index contributed by atoms with van der Waals surface area (Å²) in [6.45, 7) is 8.13. The molecule has 0 radical (unpaired) electrons. The SMILES string of the molecule is C/C=C/COc1cc(C)c(OCCCCCCCOc2cc(/C=N/OC)nn2C)c(C)c1. The number of nitrogens with zero attached hydrogens (tertiary/aromatic N) is 3. The van der Waals surface area contributed by atoms with Crippen LogP contribution in [0.1, 0.15) is 55.8 Å². The maximum atomic E-state index is 6.05. The van der Waals surface area contributed by atoms with Crippen molar-refractivity contribution in [1.29, 1.82) is 0 Å². The third-order valence-corrected chi connectivity index (χ3v) is 4.95. The highest BCUT2D eigenvalue weighted by Crippen LogP contribution is 2.28. The molecule has 0 amide bonds. The van der Waals surface area contributed by atoms with Crippen LogP contribution in [0.2, 0.25) is 0 Å². The molecule has 0 aliphatic rings. The van der Waals surface area contributed by atoms with Gasteiger partial charge in [0, 0.05) is 13.1 Å². The zero-order valence-corrected chi connectivity index (χ0v) is 20.1. The van der Waals surface area contributed by atoms with Gasteiger partial charge in [-0.1, -0.05) is 36.6 Å². The zero-order valence-electron chi connectivity index (χ0n) is 20.1. The standard InChI is InChI=1S/C25H37N3O4/c1-6-7-13-30-23-16-20(2)25(21(3)17-23)32-15-12-10-8-9-11-14-31-24-18-22(19-26-29-5)27-28(24)4/h6-7,16-19H,8-15H2,1-5H3/b7-6+,26-19+. The first-order chi connectivity index (χ1) is 15.5. The van der Waals surface area contributed by atoms with Crippen molar-refractivity contribution in [3.63, 3.8) is 0 Å². The van der Waals surface area contributed by atoms with Gasteiger partial charge in [-0.05, 0) is 56.9 Å². The van der Waals surface area contributed by atoms with Crippen molar-refractivity contribution < 1.29 is 19.0 Å². The van der Waals surface area contributed by atoms with E-state index in [4.69, 9.17) is 14.2 Å². The van der Waals surface area contributed by atoms with Crippen molar-refractivity contribution in [3.05, 3.63) is 47.2 Å². The molecule has 0 atom stereocenters. The normalized spacial score (nSPS) is 11.4. The molecule has 0 saturated carbocycles. The summed E-state index contributed by atoms with van der Waals surface area (Å²) < 4.78 is 19.3. The molecule has 0 N–H and O–H groups in total. The molecule has 2 aromatic rings. The molecule has 1 aromatic carbocycles. The minimum absolute atomic E-state index is 0.590. The molecular formula is C25H37N3O4. The molecule has 0 spiro atoms. The summed E-state index contributed by atoms with van der Waals surface area (Å²) in [7, 11) is 3.36. The van der Waals surface area contributed by atoms with Crippen LogP contribution < -0.4 is 14.2 Å². The lowest BCUT2D eigenvalue weighted by Crippen LogP contribution is -2.03. The summed E-state index contributed by atoms with van der Waals surface area (Å²) in [5.74, 6) is 2.60. The molecular weight excluding hydrogens is 406 g/mol. The Morgan fingerprint density at radius 1 is 0.938 bits per heavy atom. The van der Waals surface area contributed by atoms with Crippen LogP contribution in [0.5, 0.6) is 17.4 Å². The van der Waals surface area contributed by atoms with E-state index in [0.29, 0.717) is 18.9 Å². The average molecular weight is 444 g/mol. The second kappa shape index (κ2) is 14.2. The third kappa shape index (κ3) is 8.65. The van der Waals surface area contributed by atoms with Gasteiger partial charge in [0.2, 0.25) is 5.88 Å². The second-order valence-electron chi connectivity index (χ2n) is 7.68. The Morgan fingerprint density at radius 3 is 2.25 bits per heavy atom. The molecule has 1 aromatic heterocycles. The van der Waals surface area contributed by atoms with E-state index in [0.717, 1.165) is 60.8 Å². The van der Waals surface area contributed by atoms with Gasteiger partial charge in [-0.2, -0.15) is 5.10 Å². The van der Waals surface area contributed by atoms with E-state index < -0.39 is 0 Å². The van der Waals surface area contributed by atoms with Crippen LogP contribution in [-0.4, -0.2) is 42.9 Å². The second-order valence-corrected chi connectivity index (χ2v) is 7.68. The number of hydrogen-bond donors (Lipinski definition) is 0. The van der Waals surface area contributed by atoms with Gasteiger partial charge < -0.3 is 19.0 Å². The number of hydrogen-bond acceptors (Lipinski definition) is 6. The van der Waals surface area contributed by atoms with Crippen LogP contribution in [0, 0.1) is 13.8 Å². The lowest BCUT2D eigenvalue weighted by atomic mass is 10.1. The molecule has 7 nitrogen and oxygen atoms in total. The first-order valence-electron chi connectivity index (χ1n) is 11.3. The predicted octanol–water partition coefficient (Wildman–Crippen LogP) is 5.38. The van der Waals surface area contributed by atoms with Crippen molar-refractivity contribution in [2.24, 2.45) is 12.2 Å². The quantitative estimate of drug-likeness (QED) is 0.160. The Bertz CT molecular complexity index is 851. The molecule has 32 heavy (non-hydrogen) atoms. The molecule has 0 saturated heterocycles. The molecule has 0 bridgehead atoms. The van der Waals surface area contributed by atoms with Crippen molar-refractivity contribution in [3.8, 4) is 17.4 Å². The number of ether oxygens (including phenoxy) is 3. The van der Waals surface area contributed by atoms with E-state index >= 15 is 0 Å². The maximum Gasteiger partial charge on any atom is 0.212 e. The summed E-state index contributed by atoms with van der Waals surface area (Å²) in [5, 5.41) is 8.01. The van der Waals surface area contributed by atoms with E-state index in [1.54, 1.807) is 10.9 Å². The largest absolute Gasteiger partial charge is 0.493 e. The summed E-state index contributed by atoms with van der Waals surface area (Å²) in [4.78, 5) is 4.67. The van der Waals surface area contributed by atoms with Gasteiger partial charge in [-0.25, -0.2) is 4.68 Å². The Balaban J connectivity index is 1.59. The summed E-state index contributed by atoms with van der Waals surface area (Å²) in [5.41, 5.74) is 2.94. The Labute approximate surface area is 192 Å². The van der Waals surface area contributed by atoms with E-state index in [1.807, 2.05) is 44.3 Å². The monoisotopic (exact) mass is 443 g/mol. The molecule has 176 valence electrons. The van der Waals surface area contributed by atoms with Crippen LogP contribution in [0.3, 0.4) is 0 Å². The number of rotatable bonds is 15. The number of allylic oxidation sites excluding steroid dienone is 1. The van der Waals surface area contributed by atoms with Crippen LogP contribution >= 0.6 is 0 Å². The van der Waals surface area contributed by atoms with Gasteiger partial charge in [0.15, 0.2) is 0 Å². The molecule has 7 heteroatoms. The van der Waals surface area contributed by atoms with Crippen LogP contribution in [0.4, 0.5) is 0 Å². The van der Waals surface area contributed by atoms with E-state index in [-0.39, 0.29) is 0 Å².